The molecule has 0 aliphatic rings. The molecule has 3 heteroatoms. The molecule has 0 aromatic heterocycles. The van der Waals surface area contributed by atoms with Crippen molar-refractivity contribution in [2.45, 2.75) is 19.9 Å². The average molecular weight is 216 g/mol. The molecule has 0 fully saturated rings. The van der Waals surface area contributed by atoms with E-state index in [4.69, 9.17) is 0 Å². The third-order valence-corrected chi connectivity index (χ3v) is 2.52. The van der Waals surface area contributed by atoms with E-state index in [1.807, 2.05) is 11.8 Å². The maximum absolute atomic E-state index is 4.06. The molecule has 0 saturated carbocycles. The molecule has 84 valence electrons. The van der Waals surface area contributed by atoms with Gasteiger partial charge in [-0.3, -0.25) is 0 Å². The fourth-order valence-electron chi connectivity index (χ4n) is 1.11. The van der Waals surface area contributed by atoms with Crippen molar-refractivity contribution in [3.8, 4) is 0 Å². The van der Waals surface area contributed by atoms with E-state index >= 15 is 0 Å². The first-order valence-electron chi connectivity index (χ1n) is 5.13. The summed E-state index contributed by atoms with van der Waals surface area (Å²) in [6, 6.07) is 0.545. The maximum Gasteiger partial charge on any atom is 0.0200 e. The van der Waals surface area contributed by atoms with Gasteiger partial charge in [-0.05, 0) is 18.9 Å². The van der Waals surface area contributed by atoms with Crippen LogP contribution in [0.5, 0.6) is 0 Å². The van der Waals surface area contributed by atoms with Crippen molar-refractivity contribution in [1.29, 1.82) is 0 Å². The lowest BCUT2D eigenvalue weighted by atomic mass is 10.2. The van der Waals surface area contributed by atoms with Crippen LogP contribution in [-0.2, 0) is 0 Å². The van der Waals surface area contributed by atoms with Crippen molar-refractivity contribution >= 4 is 11.8 Å². The van der Waals surface area contributed by atoms with Crippen LogP contribution in [0.15, 0.2) is 12.2 Å². The molecule has 0 aromatic carbocycles. The summed E-state index contributed by atoms with van der Waals surface area (Å²) in [6.07, 6.45) is 2.14. The summed E-state index contributed by atoms with van der Waals surface area (Å²) >= 11 is 1.89. The lowest BCUT2D eigenvalue weighted by Gasteiger charge is -2.18. The topological polar surface area (TPSA) is 15.3 Å². The highest BCUT2D eigenvalue weighted by Crippen LogP contribution is 1.97. The highest BCUT2D eigenvalue weighted by atomic mass is 32.2. The van der Waals surface area contributed by atoms with E-state index in [1.54, 1.807) is 0 Å². The van der Waals surface area contributed by atoms with Gasteiger partial charge in [-0.1, -0.05) is 20.4 Å². The van der Waals surface area contributed by atoms with Crippen molar-refractivity contribution in [1.82, 2.24) is 10.2 Å². The van der Waals surface area contributed by atoms with Gasteiger partial charge in [0.15, 0.2) is 0 Å². The SMILES string of the molecule is C=C(CNC(C)C)CN(C)CCSC. The Morgan fingerprint density at radius 3 is 2.64 bits per heavy atom. The van der Waals surface area contributed by atoms with Crippen molar-refractivity contribution in [2.24, 2.45) is 0 Å². The Morgan fingerprint density at radius 2 is 2.14 bits per heavy atom. The zero-order chi connectivity index (χ0) is 11.0. The first kappa shape index (κ1) is 14.0. The molecule has 0 unspecified atom stereocenters. The second-order valence-electron chi connectivity index (χ2n) is 4.02. The van der Waals surface area contributed by atoms with Gasteiger partial charge < -0.3 is 10.2 Å². The Kier molecular flexibility index (Phi) is 8.34. The molecule has 0 spiro atoms. The molecule has 0 atom stereocenters. The van der Waals surface area contributed by atoms with Gasteiger partial charge in [-0.15, -0.1) is 0 Å². The van der Waals surface area contributed by atoms with Gasteiger partial charge in [-0.25, -0.2) is 0 Å². The largest absolute Gasteiger partial charge is 0.311 e. The Labute approximate surface area is 93.1 Å². The van der Waals surface area contributed by atoms with E-state index in [0.717, 1.165) is 19.6 Å². The minimum Gasteiger partial charge on any atom is -0.311 e. The molecule has 2 nitrogen and oxygen atoms in total. The molecule has 0 radical (unpaired) electrons. The van der Waals surface area contributed by atoms with Crippen LogP contribution < -0.4 is 5.32 Å². The fraction of sp³-hybridized carbons (Fsp3) is 0.818. The summed E-state index contributed by atoms with van der Waals surface area (Å²) in [5, 5.41) is 3.38. The molecular formula is C11H24N2S. The molecular weight excluding hydrogens is 192 g/mol. The number of hydrogen-bond acceptors (Lipinski definition) is 3. The minimum atomic E-state index is 0.545. The van der Waals surface area contributed by atoms with Gasteiger partial charge in [0, 0.05) is 31.4 Å². The molecule has 0 rings (SSSR count). The number of nitrogens with zero attached hydrogens (tertiary/aromatic N) is 1. The molecule has 14 heavy (non-hydrogen) atoms. The fourth-order valence-corrected chi connectivity index (χ4v) is 1.61. The Balaban J connectivity index is 3.50. The van der Waals surface area contributed by atoms with Gasteiger partial charge in [0.25, 0.3) is 0 Å². The molecule has 1 N–H and O–H groups in total. The molecule has 0 saturated heterocycles. The Morgan fingerprint density at radius 1 is 1.50 bits per heavy atom. The van der Waals surface area contributed by atoms with Crippen LogP contribution >= 0.6 is 11.8 Å². The highest BCUT2D eigenvalue weighted by Gasteiger charge is 2.01. The number of rotatable bonds is 8. The maximum atomic E-state index is 4.06. The van der Waals surface area contributed by atoms with Crippen LogP contribution in [0.4, 0.5) is 0 Å². The van der Waals surface area contributed by atoms with Crippen molar-refractivity contribution < 1.29 is 0 Å². The summed E-state index contributed by atoms with van der Waals surface area (Å²) < 4.78 is 0. The zero-order valence-corrected chi connectivity index (χ0v) is 10.8. The first-order valence-corrected chi connectivity index (χ1v) is 6.53. The van der Waals surface area contributed by atoms with Crippen LogP contribution in [-0.4, -0.2) is 49.6 Å². The second-order valence-corrected chi connectivity index (χ2v) is 5.00. The summed E-state index contributed by atoms with van der Waals surface area (Å²) in [7, 11) is 2.15. The molecule has 0 bridgehead atoms. The predicted molar refractivity (Wildman–Crippen MR) is 68.2 cm³/mol. The van der Waals surface area contributed by atoms with Crippen LogP contribution in [0.25, 0.3) is 0 Å². The van der Waals surface area contributed by atoms with Crippen molar-refractivity contribution in [2.75, 3.05) is 38.7 Å². The summed E-state index contributed by atoms with van der Waals surface area (Å²) in [5.74, 6) is 1.20. The Hall–Kier alpha value is 0.0100. The zero-order valence-electron chi connectivity index (χ0n) is 9.97. The summed E-state index contributed by atoms with van der Waals surface area (Å²) in [6.45, 7) is 11.5. The minimum absolute atomic E-state index is 0.545. The molecule has 0 heterocycles. The van der Waals surface area contributed by atoms with E-state index in [-0.39, 0.29) is 0 Å². The second kappa shape index (κ2) is 8.33. The van der Waals surface area contributed by atoms with Crippen LogP contribution in [0.2, 0.25) is 0 Å². The van der Waals surface area contributed by atoms with Crippen LogP contribution in [0, 0.1) is 0 Å². The molecule has 0 aliphatic heterocycles. The van der Waals surface area contributed by atoms with Crippen LogP contribution in [0.3, 0.4) is 0 Å². The third kappa shape index (κ3) is 8.60. The molecule has 0 aliphatic carbocycles. The number of likely N-dealkylation sites (N-methyl/N-ethyl adjacent to an activating group) is 1. The van der Waals surface area contributed by atoms with E-state index in [2.05, 4.69) is 43.9 Å². The van der Waals surface area contributed by atoms with E-state index in [1.165, 1.54) is 11.3 Å². The lowest BCUT2D eigenvalue weighted by molar-refractivity contribution is 0.381. The van der Waals surface area contributed by atoms with E-state index in [0.29, 0.717) is 6.04 Å². The monoisotopic (exact) mass is 216 g/mol. The average Bonchev–Trinajstić information content (AvgIpc) is 2.11. The highest BCUT2D eigenvalue weighted by molar-refractivity contribution is 7.98. The number of thioether (sulfide) groups is 1. The normalized spacial score (nSPS) is 11.3. The van der Waals surface area contributed by atoms with Crippen molar-refractivity contribution in [3.05, 3.63) is 12.2 Å². The van der Waals surface area contributed by atoms with Gasteiger partial charge in [0.1, 0.15) is 0 Å². The van der Waals surface area contributed by atoms with Gasteiger partial charge in [-0.2, -0.15) is 11.8 Å². The molecule has 0 amide bonds. The Bertz CT molecular complexity index is 157. The lowest BCUT2D eigenvalue weighted by Crippen LogP contribution is -2.30. The van der Waals surface area contributed by atoms with E-state index in [9.17, 15) is 0 Å². The van der Waals surface area contributed by atoms with Crippen molar-refractivity contribution in [3.63, 3.8) is 0 Å². The van der Waals surface area contributed by atoms with Crippen LogP contribution in [0.1, 0.15) is 13.8 Å². The van der Waals surface area contributed by atoms with Gasteiger partial charge >= 0.3 is 0 Å². The third-order valence-electron chi connectivity index (χ3n) is 1.93. The first-order chi connectivity index (χ1) is 6.56. The van der Waals surface area contributed by atoms with E-state index < -0.39 is 0 Å². The standard InChI is InChI=1S/C11H24N2S/c1-10(2)12-8-11(3)9-13(4)6-7-14-5/h10,12H,3,6-9H2,1-2,4-5H3. The number of hydrogen-bond donors (Lipinski definition) is 1. The van der Waals surface area contributed by atoms with Gasteiger partial charge in [0.05, 0.1) is 0 Å². The predicted octanol–water partition coefficient (Wildman–Crippen LogP) is 1.84. The number of nitrogens with one attached hydrogen (secondary N) is 1. The smallest absolute Gasteiger partial charge is 0.0200 e. The van der Waals surface area contributed by atoms with Gasteiger partial charge in [0.2, 0.25) is 0 Å². The summed E-state index contributed by atoms with van der Waals surface area (Å²) in [5.41, 5.74) is 1.27. The summed E-state index contributed by atoms with van der Waals surface area (Å²) in [4.78, 5) is 2.32. The quantitative estimate of drug-likeness (QED) is 0.623. The molecule has 0 aromatic rings.